The van der Waals surface area contributed by atoms with Gasteiger partial charge in [-0.15, -0.1) is 0 Å². The van der Waals surface area contributed by atoms with E-state index >= 15 is 0 Å². The molecule has 0 heterocycles. The Morgan fingerprint density at radius 3 is 2.22 bits per heavy atom. The van der Waals surface area contributed by atoms with E-state index in [0.29, 0.717) is 4.47 Å². The molecule has 0 saturated carbocycles. The molecule has 1 amide bonds. The Labute approximate surface area is 162 Å². The smallest absolute Gasteiger partial charge is 0.294 e. The number of nitrogens with zero attached hydrogens (tertiary/aromatic N) is 2. The molecule has 0 aliphatic carbocycles. The van der Waals surface area contributed by atoms with Gasteiger partial charge in [0.1, 0.15) is 16.9 Å². The van der Waals surface area contributed by atoms with E-state index in [1.165, 1.54) is 50.2 Å². The van der Waals surface area contributed by atoms with Crippen LogP contribution >= 0.6 is 15.9 Å². The summed E-state index contributed by atoms with van der Waals surface area (Å²) in [4.78, 5) is 33.5. The fourth-order valence-electron chi connectivity index (χ4n) is 2.18. The lowest BCUT2D eigenvalue weighted by molar-refractivity contribution is -0.384. The number of rotatable bonds is 7. The Bertz CT molecular complexity index is 903. The highest BCUT2D eigenvalue weighted by atomic mass is 79.9. The van der Waals surface area contributed by atoms with E-state index in [-0.39, 0.29) is 22.7 Å². The average Bonchev–Trinajstić information content (AvgIpc) is 2.59. The lowest BCUT2D eigenvalue weighted by Gasteiger charge is -2.26. The summed E-state index contributed by atoms with van der Waals surface area (Å²) in [7, 11) is 0. The fourth-order valence-corrected chi connectivity index (χ4v) is 2.54. The molecule has 2 rings (SSSR count). The van der Waals surface area contributed by atoms with E-state index in [1.54, 1.807) is 6.07 Å². The molecule has 11 heteroatoms. The highest BCUT2D eigenvalue weighted by Gasteiger charge is 2.30. The van der Waals surface area contributed by atoms with Crippen LogP contribution in [0.15, 0.2) is 46.9 Å². The molecule has 0 saturated heterocycles. The summed E-state index contributed by atoms with van der Waals surface area (Å²) in [6, 6.07) is 10.1. The summed E-state index contributed by atoms with van der Waals surface area (Å²) in [5, 5.41) is 25.0. The van der Waals surface area contributed by atoms with Crippen molar-refractivity contribution in [3.63, 3.8) is 0 Å². The van der Waals surface area contributed by atoms with Gasteiger partial charge < -0.3 is 5.32 Å². The number of hydrazine groups is 1. The van der Waals surface area contributed by atoms with Gasteiger partial charge in [0.05, 0.1) is 9.85 Å². The molecular formula is C16H16BrN5O5. The van der Waals surface area contributed by atoms with E-state index in [0.717, 1.165) is 0 Å². The predicted octanol–water partition coefficient (Wildman–Crippen LogP) is 3.60. The minimum Gasteiger partial charge on any atom is -0.366 e. The van der Waals surface area contributed by atoms with Gasteiger partial charge >= 0.3 is 0 Å². The number of nitrogens with one attached hydrogen (secondary N) is 3. The van der Waals surface area contributed by atoms with E-state index in [2.05, 4.69) is 32.1 Å². The number of halogens is 1. The molecule has 0 aliphatic rings. The van der Waals surface area contributed by atoms with Crippen LogP contribution < -0.4 is 16.2 Å². The summed E-state index contributed by atoms with van der Waals surface area (Å²) in [6.45, 7) is 3.04. The van der Waals surface area contributed by atoms with Crippen molar-refractivity contribution in [1.82, 2.24) is 5.43 Å². The van der Waals surface area contributed by atoms with Crippen LogP contribution in [0, 0.1) is 20.2 Å². The van der Waals surface area contributed by atoms with Crippen molar-refractivity contribution in [2.45, 2.75) is 19.4 Å². The van der Waals surface area contributed by atoms with Crippen LogP contribution in [0.4, 0.5) is 22.7 Å². The van der Waals surface area contributed by atoms with Crippen LogP contribution in [0.5, 0.6) is 0 Å². The second kappa shape index (κ2) is 7.99. The Morgan fingerprint density at radius 2 is 1.59 bits per heavy atom. The van der Waals surface area contributed by atoms with E-state index in [4.69, 9.17) is 0 Å². The first-order valence-electron chi connectivity index (χ1n) is 7.64. The zero-order valence-corrected chi connectivity index (χ0v) is 15.9. The molecule has 2 aromatic carbocycles. The number of amides is 1. The number of carbonyl (C=O) groups excluding carboxylic acids is 1. The molecule has 10 nitrogen and oxygen atoms in total. The number of para-hydroxylation sites is 2. The van der Waals surface area contributed by atoms with Gasteiger partial charge in [-0.2, -0.15) is 0 Å². The quantitative estimate of drug-likeness (QED) is 0.443. The number of anilines is 2. The zero-order valence-electron chi connectivity index (χ0n) is 14.4. The minimum absolute atomic E-state index is 0.111. The Balaban J connectivity index is 2.16. The number of hydrogen-bond acceptors (Lipinski definition) is 7. The first-order chi connectivity index (χ1) is 12.6. The number of carbonyl (C=O) groups is 1. The highest BCUT2D eigenvalue weighted by Crippen LogP contribution is 2.30. The van der Waals surface area contributed by atoms with Gasteiger partial charge in [-0.3, -0.25) is 35.9 Å². The molecule has 142 valence electrons. The van der Waals surface area contributed by atoms with Crippen molar-refractivity contribution < 1.29 is 14.6 Å². The Hall–Kier alpha value is -3.21. The molecule has 0 fully saturated rings. The van der Waals surface area contributed by atoms with Crippen LogP contribution in [-0.4, -0.2) is 21.3 Å². The number of nitro groups is 2. The number of benzene rings is 2. The van der Waals surface area contributed by atoms with Crippen molar-refractivity contribution in [3.05, 3.63) is 67.2 Å². The molecule has 27 heavy (non-hydrogen) atoms. The van der Waals surface area contributed by atoms with Gasteiger partial charge in [-0.25, -0.2) is 0 Å². The third kappa shape index (κ3) is 4.91. The highest BCUT2D eigenvalue weighted by molar-refractivity contribution is 9.10. The molecule has 3 N–H and O–H groups in total. The molecule has 0 bridgehead atoms. The van der Waals surface area contributed by atoms with Crippen LogP contribution in [0.1, 0.15) is 13.8 Å². The summed E-state index contributed by atoms with van der Waals surface area (Å²) in [5.41, 5.74) is 3.50. The molecule has 0 spiro atoms. The zero-order chi connectivity index (χ0) is 20.2. The summed E-state index contributed by atoms with van der Waals surface area (Å²) in [5.74, 6) is -0.574. The topological polar surface area (TPSA) is 139 Å². The SMILES string of the molecule is CC(C)(Nc1cc(Br)ccc1[N+](=O)[O-])C(=O)NNc1ccccc1[N+](=O)[O-]. The van der Waals surface area contributed by atoms with Gasteiger partial charge in [-0.05, 0) is 32.0 Å². The molecule has 0 aliphatic heterocycles. The van der Waals surface area contributed by atoms with Crippen molar-refractivity contribution in [2.75, 3.05) is 10.7 Å². The van der Waals surface area contributed by atoms with Gasteiger partial charge in [0.15, 0.2) is 0 Å². The van der Waals surface area contributed by atoms with Crippen molar-refractivity contribution >= 4 is 44.6 Å². The van der Waals surface area contributed by atoms with E-state index < -0.39 is 21.3 Å². The van der Waals surface area contributed by atoms with Gasteiger partial charge in [0, 0.05) is 16.6 Å². The van der Waals surface area contributed by atoms with Crippen LogP contribution in [0.3, 0.4) is 0 Å². The Kier molecular flexibility index (Phi) is 5.95. The second-order valence-corrected chi connectivity index (χ2v) is 6.94. The molecule has 0 radical (unpaired) electrons. The predicted molar refractivity (Wildman–Crippen MR) is 103 cm³/mol. The Morgan fingerprint density at radius 1 is 1.00 bits per heavy atom. The number of nitro benzene ring substituents is 2. The van der Waals surface area contributed by atoms with Crippen LogP contribution in [-0.2, 0) is 4.79 Å². The lowest BCUT2D eigenvalue weighted by Crippen LogP contribution is -2.49. The minimum atomic E-state index is -1.26. The van der Waals surface area contributed by atoms with E-state index in [9.17, 15) is 25.0 Å². The monoisotopic (exact) mass is 437 g/mol. The average molecular weight is 438 g/mol. The maximum Gasteiger partial charge on any atom is 0.294 e. The first kappa shape index (κ1) is 20.1. The fraction of sp³-hybridized carbons (Fsp3) is 0.188. The maximum atomic E-state index is 12.5. The van der Waals surface area contributed by atoms with Gasteiger partial charge in [-0.1, -0.05) is 28.1 Å². The normalized spacial score (nSPS) is 10.8. The molecule has 0 unspecified atom stereocenters. The van der Waals surface area contributed by atoms with Crippen molar-refractivity contribution in [1.29, 1.82) is 0 Å². The van der Waals surface area contributed by atoms with Gasteiger partial charge in [0.25, 0.3) is 17.3 Å². The molecule has 0 aromatic heterocycles. The summed E-state index contributed by atoms with van der Waals surface area (Å²) in [6.07, 6.45) is 0. The third-order valence-corrected chi connectivity index (χ3v) is 4.07. The van der Waals surface area contributed by atoms with Gasteiger partial charge in [0.2, 0.25) is 0 Å². The van der Waals surface area contributed by atoms with Crippen molar-refractivity contribution in [2.24, 2.45) is 0 Å². The first-order valence-corrected chi connectivity index (χ1v) is 8.43. The lowest BCUT2D eigenvalue weighted by atomic mass is 10.0. The third-order valence-electron chi connectivity index (χ3n) is 3.58. The maximum absolute atomic E-state index is 12.5. The van der Waals surface area contributed by atoms with E-state index in [1.807, 2.05) is 0 Å². The van der Waals surface area contributed by atoms with Crippen LogP contribution in [0.2, 0.25) is 0 Å². The number of hydrogen-bond donors (Lipinski definition) is 3. The van der Waals surface area contributed by atoms with Crippen molar-refractivity contribution in [3.8, 4) is 0 Å². The standard InChI is InChI=1S/C16H16BrN5O5/c1-16(2,18-12-9-10(17)7-8-14(12)22(26)27)15(23)20-19-11-5-3-4-6-13(11)21(24)25/h3-9,18-19H,1-2H3,(H,20,23). The molecule has 2 aromatic rings. The second-order valence-electron chi connectivity index (χ2n) is 6.02. The summed E-state index contributed by atoms with van der Waals surface area (Å²) >= 11 is 3.23. The molecule has 0 atom stereocenters. The molecular weight excluding hydrogens is 422 g/mol. The largest absolute Gasteiger partial charge is 0.366 e. The summed E-state index contributed by atoms with van der Waals surface area (Å²) < 4.78 is 0.602. The van der Waals surface area contributed by atoms with Crippen LogP contribution in [0.25, 0.3) is 0 Å².